The van der Waals surface area contributed by atoms with Crippen molar-refractivity contribution in [2.75, 3.05) is 0 Å². The lowest BCUT2D eigenvalue weighted by atomic mass is 10.1. The monoisotopic (exact) mass is 350 g/mol. The summed E-state index contributed by atoms with van der Waals surface area (Å²) in [7, 11) is 0. The fourth-order valence-corrected chi connectivity index (χ4v) is 3.56. The molecule has 1 aromatic carbocycles. The number of carboxylic acids is 1. The van der Waals surface area contributed by atoms with E-state index in [0.29, 0.717) is 5.56 Å². The molecule has 2 N–H and O–H groups in total. The number of carbonyl (C=O) groups excluding carboxylic acids is 1. The van der Waals surface area contributed by atoms with Crippen molar-refractivity contribution >= 4 is 49.1 Å². The summed E-state index contributed by atoms with van der Waals surface area (Å²) < 4.78 is 1.85. The van der Waals surface area contributed by atoms with Crippen LogP contribution in [0.1, 0.15) is 26.5 Å². The van der Waals surface area contributed by atoms with Gasteiger partial charge < -0.3 is 10.1 Å². The van der Waals surface area contributed by atoms with Gasteiger partial charge in [-0.25, -0.2) is 9.78 Å². The Hall–Kier alpha value is -1.99. The number of aromatic carboxylic acids is 1. The maximum absolute atomic E-state index is 12.5. The highest BCUT2D eigenvalue weighted by Gasteiger charge is 2.23. The van der Waals surface area contributed by atoms with E-state index in [1.165, 1.54) is 17.7 Å². The van der Waals surface area contributed by atoms with Crippen molar-refractivity contribution < 1.29 is 14.7 Å². The fourth-order valence-electron chi connectivity index (χ4n) is 1.95. The van der Waals surface area contributed by atoms with E-state index in [-0.39, 0.29) is 11.4 Å². The molecule has 5 nitrogen and oxygen atoms in total. The van der Waals surface area contributed by atoms with E-state index in [9.17, 15) is 9.59 Å². The number of rotatable bonds is 3. The van der Waals surface area contributed by atoms with E-state index in [1.807, 2.05) is 18.2 Å². The molecule has 0 bridgehead atoms. The normalized spacial score (nSPS) is 10.8. The molecule has 0 fully saturated rings. The Balaban J connectivity index is 2.16. The van der Waals surface area contributed by atoms with Crippen molar-refractivity contribution in [2.24, 2.45) is 0 Å². The molecule has 20 heavy (non-hydrogen) atoms. The Morgan fingerprint density at radius 2 is 2.15 bits per heavy atom. The third-order valence-electron chi connectivity index (χ3n) is 2.86. The van der Waals surface area contributed by atoms with E-state index < -0.39 is 11.8 Å². The predicted octanol–water partition coefficient (Wildman–Crippen LogP) is 3.32. The average Bonchev–Trinajstić information content (AvgIpc) is 3.05. The molecule has 0 aliphatic heterocycles. The highest BCUT2D eigenvalue weighted by molar-refractivity contribution is 9.10. The zero-order valence-electron chi connectivity index (χ0n) is 9.88. The van der Waals surface area contributed by atoms with Crippen LogP contribution in [0.3, 0.4) is 0 Å². The molecule has 0 atom stereocenters. The summed E-state index contributed by atoms with van der Waals surface area (Å²) in [6, 6.07) is 5.56. The molecule has 0 aliphatic carbocycles. The van der Waals surface area contributed by atoms with Crippen LogP contribution in [0.15, 0.2) is 34.4 Å². The molecular formula is C13H7BrN2O3S. The molecule has 100 valence electrons. The summed E-state index contributed by atoms with van der Waals surface area (Å²) in [5.74, 6) is -1.60. The van der Waals surface area contributed by atoms with Gasteiger partial charge in [0.1, 0.15) is 5.69 Å². The van der Waals surface area contributed by atoms with E-state index in [0.717, 1.165) is 14.6 Å². The summed E-state index contributed by atoms with van der Waals surface area (Å²) >= 11 is 4.86. The number of carbonyl (C=O) groups is 2. The number of carboxylic acid groups (broad SMARTS) is 1. The van der Waals surface area contributed by atoms with Gasteiger partial charge >= 0.3 is 5.97 Å². The number of benzene rings is 1. The first-order valence-corrected chi connectivity index (χ1v) is 7.24. The first-order chi connectivity index (χ1) is 9.59. The largest absolute Gasteiger partial charge is 0.477 e. The molecule has 0 spiro atoms. The van der Waals surface area contributed by atoms with Gasteiger partial charge in [-0.2, -0.15) is 0 Å². The zero-order valence-corrected chi connectivity index (χ0v) is 12.3. The maximum Gasteiger partial charge on any atom is 0.354 e. The predicted molar refractivity (Wildman–Crippen MR) is 78.5 cm³/mol. The summed E-state index contributed by atoms with van der Waals surface area (Å²) in [6.45, 7) is 0. The second kappa shape index (κ2) is 4.84. The lowest BCUT2D eigenvalue weighted by Crippen LogP contribution is -2.09. The Bertz CT molecular complexity index is 837. The summed E-state index contributed by atoms with van der Waals surface area (Å²) in [5, 5.41) is 11.5. The minimum absolute atomic E-state index is 0.0721. The van der Waals surface area contributed by atoms with Crippen molar-refractivity contribution in [1.82, 2.24) is 9.97 Å². The number of hydrogen-bond acceptors (Lipinski definition) is 4. The maximum atomic E-state index is 12.5. The number of aromatic amines is 1. The van der Waals surface area contributed by atoms with Gasteiger partial charge in [-0.05, 0) is 22.0 Å². The lowest BCUT2D eigenvalue weighted by Gasteiger charge is -1.99. The number of nitrogens with zero attached hydrogens (tertiary/aromatic N) is 1. The van der Waals surface area contributed by atoms with Crippen molar-refractivity contribution in [3.05, 3.63) is 51.3 Å². The van der Waals surface area contributed by atoms with Gasteiger partial charge in [-0.3, -0.25) is 4.79 Å². The summed E-state index contributed by atoms with van der Waals surface area (Å²) in [4.78, 5) is 29.8. The van der Waals surface area contributed by atoms with Gasteiger partial charge in [0.05, 0.1) is 6.33 Å². The molecule has 3 aromatic rings. The van der Waals surface area contributed by atoms with Crippen molar-refractivity contribution in [3.63, 3.8) is 0 Å². The van der Waals surface area contributed by atoms with Crippen molar-refractivity contribution in [3.8, 4) is 0 Å². The number of thiophene rings is 1. The molecular weight excluding hydrogens is 344 g/mol. The Morgan fingerprint density at radius 1 is 1.35 bits per heavy atom. The summed E-state index contributed by atoms with van der Waals surface area (Å²) in [6.07, 6.45) is 1.21. The second-order valence-electron chi connectivity index (χ2n) is 4.03. The van der Waals surface area contributed by atoms with E-state index in [1.54, 1.807) is 5.38 Å². The molecule has 0 saturated heterocycles. The third-order valence-corrected chi connectivity index (χ3v) is 4.82. The number of aromatic nitrogens is 2. The topological polar surface area (TPSA) is 83.0 Å². The van der Waals surface area contributed by atoms with Gasteiger partial charge in [-0.1, -0.05) is 12.1 Å². The van der Waals surface area contributed by atoms with Gasteiger partial charge in [-0.15, -0.1) is 11.3 Å². The number of fused-ring (bicyclic) bond motifs is 1. The van der Waals surface area contributed by atoms with Crippen LogP contribution < -0.4 is 0 Å². The molecule has 2 heterocycles. The minimum atomic E-state index is -1.20. The Morgan fingerprint density at radius 3 is 2.90 bits per heavy atom. The highest BCUT2D eigenvalue weighted by Crippen LogP contribution is 2.33. The smallest absolute Gasteiger partial charge is 0.354 e. The fraction of sp³-hybridized carbons (Fsp3) is 0. The first-order valence-electron chi connectivity index (χ1n) is 5.56. The van der Waals surface area contributed by atoms with Crippen molar-refractivity contribution in [2.45, 2.75) is 0 Å². The standard InChI is InChI=1S/C13H7BrN2O3S/c14-8-3-1-2-6-7(4-20-12(6)8)11(17)9-10(13(18)19)16-5-15-9/h1-5H,(H,15,16)(H,18,19). The third kappa shape index (κ3) is 1.95. The van der Waals surface area contributed by atoms with Crippen LogP contribution in [0, 0.1) is 0 Å². The number of ketones is 1. The van der Waals surface area contributed by atoms with Crippen LogP contribution in [0.4, 0.5) is 0 Å². The number of nitrogens with one attached hydrogen (secondary N) is 1. The minimum Gasteiger partial charge on any atom is -0.477 e. The molecule has 0 aliphatic rings. The van der Waals surface area contributed by atoms with Crippen LogP contribution in [-0.2, 0) is 0 Å². The number of hydrogen-bond donors (Lipinski definition) is 2. The van der Waals surface area contributed by atoms with Crippen molar-refractivity contribution in [1.29, 1.82) is 0 Å². The molecule has 7 heteroatoms. The lowest BCUT2D eigenvalue weighted by molar-refractivity contribution is 0.0687. The molecule has 0 unspecified atom stereocenters. The number of imidazole rings is 1. The highest BCUT2D eigenvalue weighted by atomic mass is 79.9. The van der Waals surface area contributed by atoms with Gasteiger partial charge in [0, 0.05) is 25.5 Å². The van der Waals surface area contributed by atoms with E-state index >= 15 is 0 Å². The first kappa shape index (κ1) is 13.0. The molecule has 0 amide bonds. The van der Waals surface area contributed by atoms with Crippen LogP contribution in [0.25, 0.3) is 10.1 Å². The second-order valence-corrected chi connectivity index (χ2v) is 5.76. The Labute approximate surface area is 125 Å². The van der Waals surface area contributed by atoms with Gasteiger partial charge in [0.25, 0.3) is 0 Å². The zero-order chi connectivity index (χ0) is 14.3. The Kier molecular flexibility index (Phi) is 3.15. The van der Waals surface area contributed by atoms with Gasteiger partial charge in [0.15, 0.2) is 5.69 Å². The number of halogens is 1. The van der Waals surface area contributed by atoms with Gasteiger partial charge in [0.2, 0.25) is 5.78 Å². The molecule has 2 aromatic heterocycles. The van der Waals surface area contributed by atoms with E-state index in [2.05, 4.69) is 25.9 Å². The SMILES string of the molecule is O=C(O)c1[nH]cnc1C(=O)c1csc2c(Br)cccc12. The summed E-state index contributed by atoms with van der Waals surface area (Å²) in [5.41, 5.74) is 0.197. The van der Waals surface area contributed by atoms with E-state index in [4.69, 9.17) is 5.11 Å². The quantitative estimate of drug-likeness (QED) is 0.709. The molecule has 0 radical (unpaired) electrons. The van der Waals surface area contributed by atoms with Crippen LogP contribution in [0.2, 0.25) is 0 Å². The molecule has 3 rings (SSSR count). The number of H-pyrrole nitrogens is 1. The van der Waals surface area contributed by atoms with Crippen LogP contribution >= 0.6 is 27.3 Å². The molecule has 0 saturated carbocycles. The average molecular weight is 351 g/mol. The van der Waals surface area contributed by atoms with Crippen LogP contribution in [-0.4, -0.2) is 26.8 Å². The van der Waals surface area contributed by atoms with Crippen LogP contribution in [0.5, 0.6) is 0 Å².